The average molecular weight is 483 g/mol. The van der Waals surface area contributed by atoms with Crippen LogP contribution in [0.1, 0.15) is 25.7 Å². The standard InChI is InChI=1S/C17H18BrF3N2O4S/c18-14-9-12(27-17(19,20)21)5-6-15(14)28(25,26)10-11-3-1-2-4-13(11)16(24)23-8-7-22/h5-6,9,11,13H,1-4,8,10H2,(H,23,24)/t11-,13+/m0/s1. The van der Waals surface area contributed by atoms with Crippen molar-refractivity contribution in [1.82, 2.24) is 5.32 Å². The molecule has 0 spiro atoms. The topological polar surface area (TPSA) is 96.3 Å². The van der Waals surface area contributed by atoms with Gasteiger partial charge in [0.05, 0.1) is 16.7 Å². The van der Waals surface area contributed by atoms with Gasteiger partial charge in [-0.15, -0.1) is 13.2 Å². The van der Waals surface area contributed by atoms with Gasteiger partial charge in [0.2, 0.25) is 5.91 Å². The molecule has 0 aliphatic heterocycles. The molecule has 1 saturated carbocycles. The molecule has 1 aromatic rings. The van der Waals surface area contributed by atoms with Crippen molar-refractivity contribution in [3.05, 3.63) is 22.7 Å². The molecule has 0 unspecified atom stereocenters. The van der Waals surface area contributed by atoms with Gasteiger partial charge in [0.25, 0.3) is 0 Å². The highest BCUT2D eigenvalue weighted by molar-refractivity contribution is 9.10. The molecule has 1 fully saturated rings. The second-order valence-corrected chi connectivity index (χ2v) is 9.31. The number of nitriles is 1. The summed E-state index contributed by atoms with van der Waals surface area (Å²) < 4.78 is 66.3. The molecule has 2 rings (SSSR count). The van der Waals surface area contributed by atoms with Crippen LogP contribution >= 0.6 is 15.9 Å². The summed E-state index contributed by atoms with van der Waals surface area (Å²) in [7, 11) is -3.87. The van der Waals surface area contributed by atoms with E-state index in [0.717, 1.165) is 31.0 Å². The molecule has 0 bridgehead atoms. The molecular weight excluding hydrogens is 465 g/mol. The van der Waals surface area contributed by atoms with Gasteiger partial charge in [-0.05, 0) is 52.9 Å². The molecule has 154 valence electrons. The van der Waals surface area contributed by atoms with Gasteiger partial charge in [-0.1, -0.05) is 12.8 Å². The SMILES string of the molecule is N#CCNC(=O)[C@@H]1CCCC[C@H]1CS(=O)(=O)c1ccc(OC(F)(F)F)cc1Br. The fourth-order valence-corrected chi connectivity index (χ4v) is 6.18. The molecule has 0 saturated heterocycles. The zero-order chi connectivity index (χ0) is 20.9. The minimum Gasteiger partial charge on any atom is -0.406 e. The van der Waals surface area contributed by atoms with Crippen molar-refractivity contribution < 1.29 is 31.1 Å². The molecule has 0 heterocycles. The maximum atomic E-state index is 12.8. The average Bonchev–Trinajstić information content (AvgIpc) is 2.58. The summed E-state index contributed by atoms with van der Waals surface area (Å²) in [6, 6.07) is 4.73. The molecule has 6 nitrogen and oxygen atoms in total. The van der Waals surface area contributed by atoms with Crippen LogP contribution in [-0.4, -0.2) is 33.0 Å². The third-order valence-electron chi connectivity index (χ3n) is 4.49. The Morgan fingerprint density at radius 1 is 1.32 bits per heavy atom. The lowest BCUT2D eigenvalue weighted by Crippen LogP contribution is -2.39. The summed E-state index contributed by atoms with van der Waals surface area (Å²) in [6.45, 7) is -0.152. The predicted molar refractivity (Wildman–Crippen MR) is 96.9 cm³/mol. The zero-order valence-corrected chi connectivity index (χ0v) is 17.0. The van der Waals surface area contributed by atoms with Crippen LogP contribution in [0.3, 0.4) is 0 Å². The van der Waals surface area contributed by atoms with Gasteiger partial charge < -0.3 is 10.1 Å². The van der Waals surface area contributed by atoms with Crippen LogP contribution in [0, 0.1) is 23.2 Å². The zero-order valence-electron chi connectivity index (χ0n) is 14.6. The third-order valence-corrected chi connectivity index (χ3v) is 7.30. The molecule has 1 aliphatic carbocycles. The number of hydrogen-bond acceptors (Lipinski definition) is 5. The number of ether oxygens (including phenoxy) is 1. The van der Waals surface area contributed by atoms with E-state index in [1.165, 1.54) is 0 Å². The number of halogens is 4. The molecular formula is C17H18BrF3N2O4S. The van der Waals surface area contributed by atoms with E-state index in [0.29, 0.717) is 12.8 Å². The summed E-state index contributed by atoms with van der Waals surface area (Å²) in [5, 5.41) is 11.1. The molecule has 0 aromatic heterocycles. The Morgan fingerprint density at radius 2 is 2.00 bits per heavy atom. The largest absolute Gasteiger partial charge is 0.573 e. The maximum Gasteiger partial charge on any atom is 0.573 e. The predicted octanol–water partition coefficient (Wildman–Crippen LogP) is 3.57. The molecule has 1 aromatic carbocycles. The molecule has 1 N–H and O–H groups in total. The van der Waals surface area contributed by atoms with E-state index >= 15 is 0 Å². The first-order valence-electron chi connectivity index (χ1n) is 8.46. The number of hydrogen-bond donors (Lipinski definition) is 1. The second-order valence-electron chi connectivity index (χ2n) is 6.45. The van der Waals surface area contributed by atoms with Crippen LogP contribution < -0.4 is 10.1 Å². The fourth-order valence-electron chi connectivity index (χ4n) is 3.31. The first-order chi connectivity index (χ1) is 13.0. The maximum absolute atomic E-state index is 12.8. The van der Waals surface area contributed by atoms with Gasteiger partial charge in [0, 0.05) is 10.4 Å². The van der Waals surface area contributed by atoms with E-state index in [1.807, 2.05) is 6.07 Å². The van der Waals surface area contributed by atoms with Crippen molar-refractivity contribution in [2.45, 2.75) is 36.9 Å². The van der Waals surface area contributed by atoms with Crippen molar-refractivity contribution in [2.24, 2.45) is 11.8 Å². The summed E-state index contributed by atoms with van der Waals surface area (Å²) in [5.74, 6) is -2.16. The van der Waals surface area contributed by atoms with Crippen molar-refractivity contribution >= 4 is 31.7 Å². The lowest BCUT2D eigenvalue weighted by atomic mass is 9.80. The van der Waals surface area contributed by atoms with Gasteiger partial charge in [-0.3, -0.25) is 4.79 Å². The highest BCUT2D eigenvalue weighted by Crippen LogP contribution is 2.35. The molecule has 28 heavy (non-hydrogen) atoms. The number of sulfone groups is 1. The first kappa shape index (κ1) is 22.5. The van der Waals surface area contributed by atoms with Crippen molar-refractivity contribution in [3.63, 3.8) is 0 Å². The highest BCUT2D eigenvalue weighted by Gasteiger charge is 2.35. The third kappa shape index (κ3) is 6.10. The van der Waals surface area contributed by atoms with Crippen molar-refractivity contribution in [1.29, 1.82) is 5.26 Å². The quantitative estimate of drug-likeness (QED) is 0.625. The Morgan fingerprint density at radius 3 is 2.61 bits per heavy atom. The van der Waals surface area contributed by atoms with Crippen LogP contribution in [0.4, 0.5) is 13.2 Å². The number of alkyl halides is 3. The number of carbonyl (C=O) groups is 1. The minimum atomic E-state index is -4.88. The number of rotatable bonds is 6. The lowest BCUT2D eigenvalue weighted by molar-refractivity contribution is -0.274. The summed E-state index contributed by atoms with van der Waals surface area (Å²) >= 11 is 2.99. The van der Waals surface area contributed by atoms with E-state index in [2.05, 4.69) is 26.0 Å². The number of nitrogens with zero attached hydrogens (tertiary/aromatic N) is 1. The van der Waals surface area contributed by atoms with Crippen LogP contribution in [0.2, 0.25) is 0 Å². The van der Waals surface area contributed by atoms with Gasteiger partial charge in [-0.25, -0.2) is 8.42 Å². The monoisotopic (exact) mass is 482 g/mol. The van der Waals surface area contributed by atoms with Crippen LogP contribution in [0.5, 0.6) is 5.75 Å². The summed E-state index contributed by atoms with van der Waals surface area (Å²) in [5.41, 5.74) is 0. The molecule has 1 amide bonds. The van der Waals surface area contributed by atoms with E-state index in [9.17, 15) is 26.4 Å². The molecule has 2 atom stereocenters. The number of benzene rings is 1. The highest BCUT2D eigenvalue weighted by atomic mass is 79.9. The van der Waals surface area contributed by atoms with E-state index < -0.39 is 33.8 Å². The van der Waals surface area contributed by atoms with E-state index in [-0.39, 0.29) is 27.6 Å². The van der Waals surface area contributed by atoms with Crippen LogP contribution in [-0.2, 0) is 14.6 Å². The number of carbonyl (C=O) groups excluding carboxylic acids is 1. The van der Waals surface area contributed by atoms with Gasteiger partial charge in [0.15, 0.2) is 9.84 Å². The number of nitrogens with one attached hydrogen (secondary N) is 1. The van der Waals surface area contributed by atoms with E-state index in [1.54, 1.807) is 0 Å². The molecule has 1 aliphatic rings. The summed E-state index contributed by atoms with van der Waals surface area (Å²) in [4.78, 5) is 12.1. The minimum absolute atomic E-state index is 0.0458. The van der Waals surface area contributed by atoms with Crippen molar-refractivity contribution in [3.8, 4) is 11.8 Å². The second kappa shape index (κ2) is 9.13. The molecule has 11 heteroatoms. The normalized spacial score (nSPS) is 20.2. The smallest absolute Gasteiger partial charge is 0.406 e. The Balaban J connectivity index is 2.19. The van der Waals surface area contributed by atoms with Gasteiger partial charge in [0.1, 0.15) is 12.3 Å². The summed E-state index contributed by atoms with van der Waals surface area (Å²) in [6.07, 6.45) is -2.25. The lowest BCUT2D eigenvalue weighted by Gasteiger charge is -2.30. The van der Waals surface area contributed by atoms with Crippen molar-refractivity contribution in [2.75, 3.05) is 12.3 Å². The Hall–Kier alpha value is -1.80. The van der Waals surface area contributed by atoms with Crippen LogP contribution in [0.15, 0.2) is 27.6 Å². The molecule has 0 radical (unpaired) electrons. The Kier molecular flexibility index (Phi) is 7.33. The fraction of sp³-hybridized carbons (Fsp3) is 0.529. The first-order valence-corrected chi connectivity index (χ1v) is 10.9. The Bertz CT molecular complexity index is 868. The van der Waals surface area contributed by atoms with E-state index in [4.69, 9.17) is 5.26 Å². The van der Waals surface area contributed by atoms with Crippen LogP contribution in [0.25, 0.3) is 0 Å². The van der Waals surface area contributed by atoms with Gasteiger partial charge >= 0.3 is 6.36 Å². The number of amides is 1. The Labute approximate surface area is 169 Å². The van der Waals surface area contributed by atoms with Gasteiger partial charge in [-0.2, -0.15) is 5.26 Å².